The largest absolute Gasteiger partial charge is 0.467 e. The van der Waals surface area contributed by atoms with Crippen molar-refractivity contribution < 1.29 is 4.42 Å². The Hall–Kier alpha value is -1.94. The van der Waals surface area contributed by atoms with E-state index in [9.17, 15) is 0 Å². The Bertz CT molecular complexity index is 784. The molecule has 0 unspecified atom stereocenters. The van der Waals surface area contributed by atoms with Crippen molar-refractivity contribution in [3.8, 4) is 11.3 Å². The first-order valence-electron chi connectivity index (χ1n) is 8.61. The first kappa shape index (κ1) is 15.6. The highest BCUT2D eigenvalue weighted by molar-refractivity contribution is 7.99. The molecule has 3 nitrogen and oxygen atoms in total. The molecule has 1 fully saturated rings. The summed E-state index contributed by atoms with van der Waals surface area (Å²) >= 11 is 1.93. The number of imidazole rings is 1. The van der Waals surface area contributed by atoms with Crippen LogP contribution >= 0.6 is 11.8 Å². The van der Waals surface area contributed by atoms with Crippen LogP contribution in [0.3, 0.4) is 0 Å². The van der Waals surface area contributed by atoms with Gasteiger partial charge in [0.25, 0.3) is 0 Å². The highest BCUT2D eigenvalue weighted by Crippen LogP contribution is 2.36. The predicted octanol–water partition coefficient (Wildman–Crippen LogP) is 5.53. The lowest BCUT2D eigenvalue weighted by atomic mass is 10.1. The standard InChI is InChI=1S/C20H22N2OS/c1-15-8-10-16(11-9-15)19-13-21-20(24-18-6-2-3-7-18)22(19)14-17-5-4-12-23-17/h4-5,8-13,18H,2-3,6-7,14H2,1H3. The van der Waals surface area contributed by atoms with E-state index in [0.29, 0.717) is 5.25 Å². The molecule has 4 heteroatoms. The molecule has 0 aliphatic heterocycles. The minimum atomic E-state index is 0.702. The predicted molar refractivity (Wildman–Crippen MR) is 98.3 cm³/mol. The molecule has 1 aliphatic carbocycles. The number of hydrogen-bond acceptors (Lipinski definition) is 3. The number of benzene rings is 1. The summed E-state index contributed by atoms with van der Waals surface area (Å²) in [4.78, 5) is 4.74. The summed E-state index contributed by atoms with van der Waals surface area (Å²) in [5.41, 5.74) is 3.64. The zero-order valence-electron chi connectivity index (χ0n) is 13.9. The fourth-order valence-corrected chi connectivity index (χ4v) is 4.54. The molecule has 0 radical (unpaired) electrons. The van der Waals surface area contributed by atoms with Gasteiger partial charge in [0.2, 0.25) is 0 Å². The Morgan fingerprint density at radius 3 is 2.67 bits per heavy atom. The molecule has 2 heterocycles. The maximum Gasteiger partial charge on any atom is 0.169 e. The molecule has 2 aromatic heterocycles. The van der Waals surface area contributed by atoms with Crippen LogP contribution in [0.25, 0.3) is 11.3 Å². The van der Waals surface area contributed by atoms with E-state index in [4.69, 9.17) is 9.40 Å². The normalized spacial score (nSPS) is 15.2. The van der Waals surface area contributed by atoms with E-state index in [0.717, 1.165) is 23.2 Å². The Kier molecular flexibility index (Phi) is 4.48. The molecule has 3 aromatic rings. The number of hydrogen-bond donors (Lipinski definition) is 0. The summed E-state index contributed by atoms with van der Waals surface area (Å²) in [6, 6.07) is 12.6. The topological polar surface area (TPSA) is 31.0 Å². The third-order valence-electron chi connectivity index (χ3n) is 4.63. The fourth-order valence-electron chi connectivity index (χ4n) is 3.27. The summed E-state index contributed by atoms with van der Waals surface area (Å²) in [5, 5.41) is 1.81. The smallest absolute Gasteiger partial charge is 0.169 e. The Labute approximate surface area is 147 Å². The first-order chi connectivity index (χ1) is 11.8. The maximum atomic E-state index is 5.58. The molecule has 24 heavy (non-hydrogen) atoms. The summed E-state index contributed by atoms with van der Waals surface area (Å²) in [5.74, 6) is 0.967. The molecular formula is C20H22N2OS. The maximum absolute atomic E-state index is 5.58. The van der Waals surface area contributed by atoms with Crippen molar-refractivity contribution in [2.75, 3.05) is 0 Å². The average Bonchev–Trinajstić information content (AvgIpc) is 3.33. The van der Waals surface area contributed by atoms with Gasteiger partial charge in [-0.1, -0.05) is 54.4 Å². The molecule has 1 aliphatic rings. The van der Waals surface area contributed by atoms with Crippen LogP contribution in [0, 0.1) is 6.92 Å². The van der Waals surface area contributed by atoms with Gasteiger partial charge in [-0.15, -0.1) is 0 Å². The molecule has 0 bridgehead atoms. The second kappa shape index (κ2) is 6.89. The highest BCUT2D eigenvalue weighted by atomic mass is 32.2. The Morgan fingerprint density at radius 1 is 1.17 bits per heavy atom. The van der Waals surface area contributed by atoms with Crippen LogP contribution in [0.4, 0.5) is 0 Å². The highest BCUT2D eigenvalue weighted by Gasteiger charge is 2.21. The van der Waals surface area contributed by atoms with Gasteiger partial charge in [0.05, 0.1) is 24.7 Å². The van der Waals surface area contributed by atoms with Crippen LogP contribution in [0.1, 0.15) is 37.0 Å². The molecule has 1 saturated carbocycles. The van der Waals surface area contributed by atoms with Crippen LogP contribution in [-0.4, -0.2) is 14.8 Å². The SMILES string of the molecule is Cc1ccc(-c2cnc(SC3CCCC3)n2Cc2ccco2)cc1. The summed E-state index contributed by atoms with van der Waals surface area (Å²) in [7, 11) is 0. The molecule has 0 atom stereocenters. The van der Waals surface area contributed by atoms with Gasteiger partial charge in [-0.3, -0.25) is 0 Å². The van der Waals surface area contributed by atoms with Gasteiger partial charge in [0.15, 0.2) is 5.16 Å². The van der Waals surface area contributed by atoms with Gasteiger partial charge in [0, 0.05) is 5.25 Å². The number of rotatable bonds is 5. The van der Waals surface area contributed by atoms with Gasteiger partial charge < -0.3 is 8.98 Å². The lowest BCUT2D eigenvalue weighted by Crippen LogP contribution is -2.05. The summed E-state index contributed by atoms with van der Waals surface area (Å²) < 4.78 is 7.88. The van der Waals surface area contributed by atoms with Crippen LogP contribution in [0.2, 0.25) is 0 Å². The van der Waals surface area contributed by atoms with Crippen molar-refractivity contribution >= 4 is 11.8 Å². The van der Waals surface area contributed by atoms with Crippen molar-refractivity contribution in [3.63, 3.8) is 0 Å². The van der Waals surface area contributed by atoms with Crippen molar-refractivity contribution in [1.82, 2.24) is 9.55 Å². The molecule has 0 spiro atoms. The summed E-state index contributed by atoms with van der Waals surface area (Å²) in [6.07, 6.45) is 9.05. The molecule has 0 N–H and O–H groups in total. The minimum absolute atomic E-state index is 0.702. The van der Waals surface area contributed by atoms with Crippen molar-refractivity contribution in [3.05, 3.63) is 60.2 Å². The van der Waals surface area contributed by atoms with Gasteiger partial charge in [-0.05, 0) is 37.5 Å². The average molecular weight is 338 g/mol. The van der Waals surface area contributed by atoms with E-state index in [2.05, 4.69) is 35.8 Å². The van der Waals surface area contributed by atoms with Gasteiger partial charge in [0.1, 0.15) is 5.76 Å². The summed E-state index contributed by atoms with van der Waals surface area (Å²) in [6.45, 7) is 2.84. The second-order valence-electron chi connectivity index (χ2n) is 6.48. The Morgan fingerprint density at radius 2 is 1.96 bits per heavy atom. The first-order valence-corrected chi connectivity index (χ1v) is 9.49. The molecular weight excluding hydrogens is 316 g/mol. The second-order valence-corrected chi connectivity index (χ2v) is 7.75. The van der Waals surface area contributed by atoms with Crippen molar-refractivity contribution in [2.45, 2.75) is 49.6 Å². The quantitative estimate of drug-likeness (QED) is 0.612. The van der Waals surface area contributed by atoms with Gasteiger partial charge in [-0.2, -0.15) is 0 Å². The van der Waals surface area contributed by atoms with E-state index >= 15 is 0 Å². The molecule has 1 aromatic carbocycles. The number of aryl methyl sites for hydroxylation is 1. The molecule has 0 amide bonds. The van der Waals surface area contributed by atoms with E-state index in [1.807, 2.05) is 30.1 Å². The van der Waals surface area contributed by atoms with E-state index in [-0.39, 0.29) is 0 Å². The van der Waals surface area contributed by atoms with Crippen LogP contribution in [-0.2, 0) is 6.54 Å². The number of furan rings is 1. The zero-order chi connectivity index (χ0) is 16.4. The van der Waals surface area contributed by atoms with Gasteiger partial charge >= 0.3 is 0 Å². The van der Waals surface area contributed by atoms with E-state index in [1.165, 1.54) is 36.8 Å². The molecule has 0 saturated heterocycles. The van der Waals surface area contributed by atoms with Crippen LogP contribution in [0.15, 0.2) is 58.4 Å². The third kappa shape index (κ3) is 3.29. The Balaban J connectivity index is 1.69. The lowest BCUT2D eigenvalue weighted by molar-refractivity contribution is 0.485. The number of thioether (sulfide) groups is 1. The van der Waals surface area contributed by atoms with Crippen LogP contribution in [0.5, 0.6) is 0 Å². The third-order valence-corrected chi connectivity index (χ3v) is 5.98. The van der Waals surface area contributed by atoms with Crippen LogP contribution < -0.4 is 0 Å². The monoisotopic (exact) mass is 338 g/mol. The molecule has 4 rings (SSSR count). The fraction of sp³-hybridized carbons (Fsp3) is 0.350. The van der Waals surface area contributed by atoms with E-state index < -0.39 is 0 Å². The minimum Gasteiger partial charge on any atom is -0.467 e. The van der Waals surface area contributed by atoms with Crippen molar-refractivity contribution in [2.24, 2.45) is 0 Å². The molecule has 124 valence electrons. The van der Waals surface area contributed by atoms with E-state index in [1.54, 1.807) is 6.26 Å². The number of aromatic nitrogens is 2. The van der Waals surface area contributed by atoms with Gasteiger partial charge in [-0.25, -0.2) is 4.98 Å². The lowest BCUT2D eigenvalue weighted by Gasteiger charge is -2.13. The number of nitrogens with zero attached hydrogens (tertiary/aromatic N) is 2. The zero-order valence-corrected chi connectivity index (χ0v) is 14.8. The van der Waals surface area contributed by atoms with Crippen molar-refractivity contribution in [1.29, 1.82) is 0 Å².